The third kappa shape index (κ3) is 3.95. The van der Waals surface area contributed by atoms with Crippen LogP contribution in [0.5, 0.6) is 0 Å². The molecule has 0 saturated heterocycles. The first kappa shape index (κ1) is 15.7. The normalized spacial score (nSPS) is 10.4. The highest BCUT2D eigenvalue weighted by atomic mass is 16.2. The van der Waals surface area contributed by atoms with Crippen LogP contribution in [0.2, 0.25) is 0 Å². The van der Waals surface area contributed by atoms with E-state index < -0.39 is 0 Å². The molecule has 122 valence electrons. The SMILES string of the molecule is CN(Cc1cnn(-c2ccccc2)n1)C(=O)NCc1ccncc1. The Balaban J connectivity index is 1.55. The topological polar surface area (TPSA) is 75.9 Å². The van der Waals surface area contributed by atoms with Crippen molar-refractivity contribution in [3.63, 3.8) is 0 Å². The Morgan fingerprint density at radius 1 is 1.17 bits per heavy atom. The maximum absolute atomic E-state index is 12.1. The molecule has 2 amide bonds. The molecule has 7 nitrogen and oxygen atoms in total. The highest BCUT2D eigenvalue weighted by Crippen LogP contribution is 2.06. The fraction of sp³-hybridized carbons (Fsp3) is 0.176. The number of urea groups is 1. The van der Waals surface area contributed by atoms with E-state index in [0.717, 1.165) is 16.9 Å². The fourth-order valence-electron chi connectivity index (χ4n) is 2.18. The van der Waals surface area contributed by atoms with Crippen molar-refractivity contribution >= 4 is 6.03 Å². The van der Waals surface area contributed by atoms with Crippen LogP contribution in [-0.2, 0) is 13.1 Å². The van der Waals surface area contributed by atoms with E-state index in [4.69, 9.17) is 0 Å². The maximum atomic E-state index is 12.1. The summed E-state index contributed by atoms with van der Waals surface area (Å²) >= 11 is 0. The lowest BCUT2D eigenvalue weighted by Gasteiger charge is -2.16. The van der Waals surface area contributed by atoms with E-state index in [-0.39, 0.29) is 6.03 Å². The molecule has 0 aliphatic carbocycles. The van der Waals surface area contributed by atoms with Gasteiger partial charge in [0.05, 0.1) is 18.4 Å². The molecule has 0 unspecified atom stereocenters. The number of hydrogen-bond donors (Lipinski definition) is 1. The van der Waals surface area contributed by atoms with E-state index in [1.54, 1.807) is 35.3 Å². The van der Waals surface area contributed by atoms with E-state index in [2.05, 4.69) is 20.5 Å². The minimum absolute atomic E-state index is 0.166. The molecule has 1 N–H and O–H groups in total. The van der Waals surface area contributed by atoms with Crippen LogP contribution in [0.1, 0.15) is 11.3 Å². The van der Waals surface area contributed by atoms with Crippen LogP contribution >= 0.6 is 0 Å². The van der Waals surface area contributed by atoms with Crippen LogP contribution < -0.4 is 5.32 Å². The predicted octanol–water partition coefficient (Wildman–Crippen LogP) is 2.00. The van der Waals surface area contributed by atoms with Gasteiger partial charge in [-0.15, -0.1) is 0 Å². The second kappa shape index (κ2) is 7.36. The summed E-state index contributed by atoms with van der Waals surface area (Å²) in [6.07, 6.45) is 5.07. The summed E-state index contributed by atoms with van der Waals surface area (Å²) in [5.74, 6) is 0. The van der Waals surface area contributed by atoms with Crippen molar-refractivity contribution in [3.05, 3.63) is 72.3 Å². The summed E-state index contributed by atoms with van der Waals surface area (Å²) in [6.45, 7) is 0.845. The average molecular weight is 322 g/mol. The molecular formula is C17H18N6O. The van der Waals surface area contributed by atoms with Crippen molar-refractivity contribution in [1.29, 1.82) is 0 Å². The zero-order chi connectivity index (χ0) is 16.8. The van der Waals surface area contributed by atoms with Crippen molar-refractivity contribution < 1.29 is 4.79 Å². The first-order valence-electron chi connectivity index (χ1n) is 7.57. The Morgan fingerprint density at radius 3 is 2.67 bits per heavy atom. The van der Waals surface area contributed by atoms with E-state index in [1.807, 2.05) is 42.5 Å². The van der Waals surface area contributed by atoms with Crippen molar-refractivity contribution in [2.24, 2.45) is 0 Å². The smallest absolute Gasteiger partial charge is 0.317 e. The Labute approximate surface area is 139 Å². The number of carbonyl (C=O) groups is 1. The number of pyridine rings is 1. The molecule has 0 bridgehead atoms. The van der Waals surface area contributed by atoms with Gasteiger partial charge in [0, 0.05) is 26.0 Å². The fourth-order valence-corrected chi connectivity index (χ4v) is 2.18. The number of aromatic nitrogens is 4. The number of nitrogens with one attached hydrogen (secondary N) is 1. The lowest BCUT2D eigenvalue weighted by molar-refractivity contribution is 0.206. The van der Waals surface area contributed by atoms with Crippen molar-refractivity contribution in [2.45, 2.75) is 13.1 Å². The highest BCUT2D eigenvalue weighted by molar-refractivity contribution is 5.73. The number of hydrogen-bond acceptors (Lipinski definition) is 4. The van der Waals surface area contributed by atoms with Gasteiger partial charge in [-0.2, -0.15) is 15.0 Å². The van der Waals surface area contributed by atoms with Gasteiger partial charge in [-0.25, -0.2) is 4.79 Å². The molecule has 7 heteroatoms. The number of amides is 2. The Morgan fingerprint density at radius 2 is 1.92 bits per heavy atom. The number of nitrogens with zero attached hydrogens (tertiary/aromatic N) is 5. The summed E-state index contributed by atoms with van der Waals surface area (Å²) in [5, 5.41) is 11.5. The molecule has 1 aromatic carbocycles. The molecule has 0 atom stereocenters. The molecule has 0 aliphatic heterocycles. The molecule has 3 aromatic rings. The lowest BCUT2D eigenvalue weighted by Crippen LogP contribution is -2.36. The van der Waals surface area contributed by atoms with E-state index >= 15 is 0 Å². The predicted molar refractivity (Wildman–Crippen MR) is 89.3 cm³/mol. The second-order valence-electron chi connectivity index (χ2n) is 5.33. The largest absolute Gasteiger partial charge is 0.334 e. The van der Waals surface area contributed by atoms with Gasteiger partial charge in [0.25, 0.3) is 0 Å². The molecule has 3 rings (SSSR count). The number of para-hydroxylation sites is 1. The Bertz CT molecular complexity index is 787. The Hall–Kier alpha value is -3.22. The zero-order valence-corrected chi connectivity index (χ0v) is 13.3. The van der Waals surface area contributed by atoms with E-state index in [9.17, 15) is 4.79 Å². The molecular weight excluding hydrogens is 304 g/mol. The minimum Gasteiger partial charge on any atom is -0.334 e. The van der Waals surface area contributed by atoms with Gasteiger partial charge in [0.15, 0.2) is 0 Å². The summed E-state index contributed by atoms with van der Waals surface area (Å²) < 4.78 is 0. The summed E-state index contributed by atoms with van der Waals surface area (Å²) in [6, 6.07) is 13.2. The van der Waals surface area contributed by atoms with Gasteiger partial charge in [-0.05, 0) is 29.8 Å². The quantitative estimate of drug-likeness (QED) is 0.779. The van der Waals surface area contributed by atoms with Gasteiger partial charge in [0.1, 0.15) is 5.69 Å². The molecule has 0 aliphatic rings. The molecule has 24 heavy (non-hydrogen) atoms. The van der Waals surface area contributed by atoms with E-state index in [1.165, 1.54) is 0 Å². The van der Waals surface area contributed by atoms with E-state index in [0.29, 0.717) is 13.1 Å². The minimum atomic E-state index is -0.166. The van der Waals surface area contributed by atoms with Gasteiger partial charge in [-0.1, -0.05) is 18.2 Å². The maximum Gasteiger partial charge on any atom is 0.317 e. The standard InChI is InChI=1S/C17H18N6O/c1-22(17(24)19-11-14-7-9-18-10-8-14)13-15-12-20-23(21-15)16-5-3-2-4-6-16/h2-10,12H,11,13H2,1H3,(H,19,24). The zero-order valence-electron chi connectivity index (χ0n) is 13.3. The molecule has 0 saturated carbocycles. The molecule has 0 fully saturated rings. The first-order valence-corrected chi connectivity index (χ1v) is 7.57. The van der Waals surface area contributed by atoms with Crippen molar-refractivity contribution in [1.82, 2.24) is 30.2 Å². The third-order valence-electron chi connectivity index (χ3n) is 3.47. The second-order valence-corrected chi connectivity index (χ2v) is 5.33. The monoisotopic (exact) mass is 322 g/mol. The van der Waals surface area contributed by atoms with Crippen LogP contribution in [0.4, 0.5) is 4.79 Å². The molecule has 2 aromatic heterocycles. The molecule has 0 spiro atoms. The summed E-state index contributed by atoms with van der Waals surface area (Å²) in [4.78, 5) is 19.2. The first-order chi connectivity index (χ1) is 11.7. The third-order valence-corrected chi connectivity index (χ3v) is 3.47. The van der Waals surface area contributed by atoms with Crippen LogP contribution in [0, 0.1) is 0 Å². The van der Waals surface area contributed by atoms with Crippen molar-refractivity contribution in [3.8, 4) is 5.69 Å². The summed E-state index contributed by atoms with van der Waals surface area (Å²) in [5.41, 5.74) is 2.61. The average Bonchev–Trinajstić information content (AvgIpc) is 3.10. The lowest BCUT2D eigenvalue weighted by atomic mass is 10.3. The van der Waals surface area contributed by atoms with Crippen LogP contribution in [0.3, 0.4) is 0 Å². The highest BCUT2D eigenvalue weighted by Gasteiger charge is 2.11. The Kier molecular flexibility index (Phi) is 4.81. The molecule has 0 radical (unpaired) electrons. The van der Waals surface area contributed by atoms with Crippen molar-refractivity contribution in [2.75, 3.05) is 7.05 Å². The number of rotatable bonds is 5. The van der Waals surface area contributed by atoms with Crippen LogP contribution in [0.15, 0.2) is 61.1 Å². The number of benzene rings is 1. The van der Waals surface area contributed by atoms with Gasteiger partial charge in [-0.3, -0.25) is 4.98 Å². The van der Waals surface area contributed by atoms with Crippen LogP contribution in [-0.4, -0.2) is 38.0 Å². The van der Waals surface area contributed by atoms with Crippen LogP contribution in [0.25, 0.3) is 5.69 Å². The summed E-state index contributed by atoms with van der Waals surface area (Å²) in [7, 11) is 1.73. The molecule has 2 heterocycles. The van der Waals surface area contributed by atoms with Gasteiger partial charge in [0.2, 0.25) is 0 Å². The van der Waals surface area contributed by atoms with Gasteiger partial charge < -0.3 is 10.2 Å². The van der Waals surface area contributed by atoms with Gasteiger partial charge >= 0.3 is 6.03 Å². The number of carbonyl (C=O) groups excluding carboxylic acids is 1.